The molecule has 3 heterocycles. The highest BCUT2D eigenvalue weighted by atomic mass is 35.5. The van der Waals surface area contributed by atoms with E-state index in [4.69, 9.17) is 16.3 Å². The molecule has 3 aromatic rings. The lowest BCUT2D eigenvalue weighted by Crippen LogP contribution is -2.51. The Hall–Kier alpha value is -4.05. The molecule has 0 bridgehead atoms. The van der Waals surface area contributed by atoms with E-state index < -0.39 is 11.2 Å². The number of para-hydroxylation sites is 2. The highest BCUT2D eigenvalue weighted by Crippen LogP contribution is 2.34. The zero-order valence-electron chi connectivity index (χ0n) is 22.6. The summed E-state index contributed by atoms with van der Waals surface area (Å²) in [6.07, 6.45) is 3.46. The lowest BCUT2D eigenvalue weighted by Gasteiger charge is -2.38. The Morgan fingerprint density at radius 3 is 2.50 bits per heavy atom. The number of methoxy groups -OCH3 is 1. The predicted molar refractivity (Wildman–Crippen MR) is 153 cm³/mol. The molecule has 0 saturated carbocycles. The number of amides is 3. The van der Waals surface area contributed by atoms with Gasteiger partial charge in [-0.1, -0.05) is 41.9 Å². The average molecular weight is 566 g/mol. The van der Waals surface area contributed by atoms with Gasteiger partial charge in [0.15, 0.2) is 0 Å². The van der Waals surface area contributed by atoms with Gasteiger partial charge in [-0.05, 0) is 43.9 Å². The van der Waals surface area contributed by atoms with Gasteiger partial charge >= 0.3 is 11.7 Å². The molecule has 0 aliphatic carbocycles. The number of urea groups is 1. The van der Waals surface area contributed by atoms with Crippen LogP contribution in [0.4, 0.5) is 10.5 Å². The van der Waals surface area contributed by atoms with Crippen molar-refractivity contribution in [1.29, 1.82) is 0 Å². The molecule has 0 spiro atoms. The maximum Gasteiger partial charge on any atom is 0.331 e. The molecule has 2 aromatic carbocycles. The van der Waals surface area contributed by atoms with Crippen molar-refractivity contribution < 1.29 is 14.3 Å². The van der Waals surface area contributed by atoms with Crippen molar-refractivity contribution in [3.8, 4) is 16.9 Å². The number of nitrogens with zero attached hydrogens (tertiary/aromatic N) is 4. The first-order valence-electron chi connectivity index (χ1n) is 13.4. The van der Waals surface area contributed by atoms with Gasteiger partial charge in [-0.2, -0.15) is 0 Å². The quantitative estimate of drug-likeness (QED) is 0.493. The second-order valence-electron chi connectivity index (χ2n) is 9.97. The summed E-state index contributed by atoms with van der Waals surface area (Å²) in [5.41, 5.74) is 1.59. The molecular formula is C29H32ClN5O5. The van der Waals surface area contributed by atoms with Gasteiger partial charge in [-0.3, -0.25) is 18.7 Å². The number of anilines is 1. The molecule has 1 N–H and O–H groups in total. The number of rotatable bonds is 6. The normalized spacial score (nSPS) is 15.8. The molecule has 1 saturated heterocycles. The highest BCUT2D eigenvalue weighted by molar-refractivity contribution is 6.32. The SMILES string of the molecule is CCn1c(=O)c(-c2cccc(Cl)c2OC)cn(CC(=O)N2CCC(N3CCc4ccccc4NC3=O)CC2)c1=O. The van der Waals surface area contributed by atoms with Crippen molar-refractivity contribution in [2.24, 2.45) is 0 Å². The second-order valence-corrected chi connectivity index (χ2v) is 10.4. The number of likely N-dealkylation sites (tertiary alicyclic amines) is 1. The van der Waals surface area contributed by atoms with Crippen LogP contribution in [-0.2, 0) is 24.3 Å². The van der Waals surface area contributed by atoms with Gasteiger partial charge in [-0.25, -0.2) is 9.59 Å². The van der Waals surface area contributed by atoms with Crippen LogP contribution in [0.25, 0.3) is 11.1 Å². The van der Waals surface area contributed by atoms with Crippen LogP contribution in [-0.4, -0.2) is 63.7 Å². The molecule has 11 heteroatoms. The number of nitrogens with one attached hydrogen (secondary N) is 1. The molecule has 210 valence electrons. The number of carbonyl (C=O) groups excluding carboxylic acids is 2. The van der Waals surface area contributed by atoms with Crippen LogP contribution in [0.5, 0.6) is 5.75 Å². The van der Waals surface area contributed by atoms with Crippen molar-refractivity contribution in [3.63, 3.8) is 0 Å². The van der Waals surface area contributed by atoms with Crippen LogP contribution < -0.4 is 21.3 Å². The van der Waals surface area contributed by atoms with Crippen LogP contribution in [0.15, 0.2) is 58.3 Å². The molecule has 0 radical (unpaired) electrons. The Bertz CT molecular complexity index is 1560. The highest BCUT2D eigenvalue weighted by Gasteiger charge is 2.31. The Labute approximate surface area is 236 Å². The minimum Gasteiger partial charge on any atom is -0.495 e. The largest absolute Gasteiger partial charge is 0.495 e. The van der Waals surface area contributed by atoms with E-state index >= 15 is 0 Å². The topological polar surface area (TPSA) is 106 Å². The first-order chi connectivity index (χ1) is 19.3. The lowest BCUT2D eigenvalue weighted by molar-refractivity contribution is -0.133. The third-order valence-electron chi connectivity index (χ3n) is 7.72. The average Bonchev–Trinajstić information content (AvgIpc) is 3.12. The Balaban J connectivity index is 1.31. The van der Waals surface area contributed by atoms with Crippen molar-refractivity contribution in [1.82, 2.24) is 18.9 Å². The van der Waals surface area contributed by atoms with E-state index in [2.05, 4.69) is 5.32 Å². The summed E-state index contributed by atoms with van der Waals surface area (Å²) < 4.78 is 7.80. The molecule has 1 aromatic heterocycles. The summed E-state index contributed by atoms with van der Waals surface area (Å²) in [5, 5.41) is 3.35. The molecular weight excluding hydrogens is 534 g/mol. The number of piperidine rings is 1. The number of ether oxygens (including phenoxy) is 1. The summed E-state index contributed by atoms with van der Waals surface area (Å²) >= 11 is 6.28. The van der Waals surface area contributed by atoms with Crippen molar-refractivity contribution in [2.45, 2.75) is 45.3 Å². The third kappa shape index (κ3) is 5.23. The van der Waals surface area contributed by atoms with E-state index in [1.807, 2.05) is 29.2 Å². The molecule has 0 atom stereocenters. The molecule has 5 rings (SSSR count). The third-order valence-corrected chi connectivity index (χ3v) is 8.02. The van der Waals surface area contributed by atoms with Gasteiger partial charge in [0.25, 0.3) is 5.56 Å². The van der Waals surface area contributed by atoms with Gasteiger partial charge in [0, 0.05) is 49.7 Å². The Morgan fingerprint density at radius 2 is 1.77 bits per heavy atom. The molecule has 0 unspecified atom stereocenters. The van der Waals surface area contributed by atoms with Gasteiger partial charge in [0.05, 0.1) is 17.7 Å². The molecule has 10 nitrogen and oxygen atoms in total. The number of benzene rings is 2. The number of halogens is 1. The van der Waals surface area contributed by atoms with E-state index in [9.17, 15) is 19.2 Å². The maximum absolute atomic E-state index is 13.3. The van der Waals surface area contributed by atoms with Gasteiger partial charge in [0.1, 0.15) is 12.3 Å². The minimum absolute atomic E-state index is 0.0185. The first-order valence-corrected chi connectivity index (χ1v) is 13.8. The number of carbonyl (C=O) groups is 2. The van der Waals surface area contributed by atoms with Crippen molar-refractivity contribution in [2.75, 3.05) is 32.1 Å². The summed E-state index contributed by atoms with van der Waals surface area (Å²) in [5.74, 6) is 0.0988. The first kappa shape index (κ1) is 27.5. The van der Waals surface area contributed by atoms with Gasteiger partial charge < -0.3 is 19.9 Å². The molecule has 40 heavy (non-hydrogen) atoms. The van der Waals surface area contributed by atoms with E-state index in [-0.39, 0.29) is 36.6 Å². The van der Waals surface area contributed by atoms with E-state index in [1.54, 1.807) is 30.0 Å². The summed E-state index contributed by atoms with van der Waals surface area (Å²) in [7, 11) is 1.46. The number of hydrogen-bond donors (Lipinski definition) is 1. The van der Waals surface area contributed by atoms with Crippen LogP contribution >= 0.6 is 11.6 Å². The molecule has 1 fully saturated rings. The van der Waals surface area contributed by atoms with E-state index in [1.165, 1.54) is 17.9 Å². The number of aromatic nitrogens is 2. The van der Waals surface area contributed by atoms with E-state index in [0.29, 0.717) is 48.8 Å². The Morgan fingerprint density at radius 1 is 1.02 bits per heavy atom. The van der Waals surface area contributed by atoms with Crippen molar-refractivity contribution in [3.05, 3.63) is 80.1 Å². The monoisotopic (exact) mass is 565 g/mol. The second kappa shape index (κ2) is 11.6. The predicted octanol–water partition coefficient (Wildman–Crippen LogP) is 3.44. The molecule has 2 aliphatic heterocycles. The molecule has 2 aliphatic rings. The zero-order valence-corrected chi connectivity index (χ0v) is 23.3. The van der Waals surface area contributed by atoms with E-state index in [0.717, 1.165) is 22.2 Å². The zero-order chi connectivity index (χ0) is 28.4. The molecule has 3 amide bonds. The van der Waals surface area contributed by atoms with Crippen LogP contribution in [0.2, 0.25) is 5.02 Å². The standard InChI is InChI=1S/C29H32ClN5O5/c1-3-34-27(37)22(21-8-6-9-23(30)26(21)40-2)17-33(29(34)39)18-25(36)32-14-12-20(13-15-32)35-16-11-19-7-4-5-10-24(19)31-28(35)38/h4-10,17,20H,3,11-16,18H2,1-2H3,(H,31,38). The van der Waals surface area contributed by atoms with Crippen LogP contribution in [0, 0.1) is 0 Å². The summed E-state index contributed by atoms with van der Waals surface area (Å²) in [6, 6.07) is 12.8. The number of fused-ring (bicyclic) bond motifs is 1. The fourth-order valence-corrected chi connectivity index (χ4v) is 5.82. The van der Waals surface area contributed by atoms with Crippen molar-refractivity contribution >= 4 is 29.2 Å². The minimum atomic E-state index is -0.554. The Kier molecular flexibility index (Phi) is 7.97. The van der Waals surface area contributed by atoms with Gasteiger partial charge in [-0.15, -0.1) is 0 Å². The number of hydrogen-bond acceptors (Lipinski definition) is 5. The fraction of sp³-hybridized carbons (Fsp3) is 0.379. The maximum atomic E-state index is 13.3. The lowest BCUT2D eigenvalue weighted by atomic mass is 10.0. The van der Waals surface area contributed by atoms with Crippen LogP contribution in [0.1, 0.15) is 25.3 Å². The van der Waals surface area contributed by atoms with Gasteiger partial charge in [0.2, 0.25) is 5.91 Å². The van der Waals surface area contributed by atoms with Crippen LogP contribution in [0.3, 0.4) is 0 Å². The fourth-order valence-electron chi connectivity index (χ4n) is 5.57. The summed E-state index contributed by atoms with van der Waals surface area (Å²) in [4.78, 5) is 56.1. The smallest absolute Gasteiger partial charge is 0.331 e. The summed E-state index contributed by atoms with van der Waals surface area (Å²) in [6.45, 7) is 3.20.